The lowest BCUT2D eigenvalue weighted by Gasteiger charge is -2.41. The molecule has 2 rings (SSSR count). The van der Waals surface area contributed by atoms with Gasteiger partial charge in [-0.05, 0) is 0 Å². The van der Waals surface area contributed by atoms with E-state index in [1.807, 2.05) is 4.98 Å². The first-order chi connectivity index (χ1) is 14.1. The van der Waals surface area contributed by atoms with E-state index in [1.165, 1.54) is 0 Å². The van der Waals surface area contributed by atoms with Crippen molar-refractivity contribution < 1.29 is 50.3 Å². The molecule has 14 nitrogen and oxygen atoms in total. The number of hydrogen-bond acceptors (Lipinski definition) is 12. The monoisotopic (exact) mass is 438 g/mol. The third-order valence-electron chi connectivity index (χ3n) is 4.74. The third kappa shape index (κ3) is 5.50. The highest BCUT2D eigenvalue weighted by Crippen LogP contribution is 2.24. The van der Waals surface area contributed by atoms with Gasteiger partial charge >= 0.3 is 5.69 Å². The van der Waals surface area contributed by atoms with Gasteiger partial charge < -0.3 is 50.3 Å². The van der Waals surface area contributed by atoms with Crippen molar-refractivity contribution in [2.45, 2.75) is 61.7 Å². The second-order valence-electron chi connectivity index (χ2n) is 6.87. The predicted molar refractivity (Wildman–Crippen MR) is 95.1 cm³/mol. The molecule has 1 aliphatic heterocycles. The van der Waals surface area contributed by atoms with Crippen LogP contribution in [0, 0.1) is 0 Å². The maximum absolute atomic E-state index is 11.7. The van der Waals surface area contributed by atoms with Crippen molar-refractivity contribution in [3.63, 3.8) is 0 Å². The van der Waals surface area contributed by atoms with Crippen LogP contribution in [-0.2, 0) is 16.0 Å². The van der Waals surface area contributed by atoms with Gasteiger partial charge in [0.2, 0.25) is 0 Å². The van der Waals surface area contributed by atoms with Gasteiger partial charge in [-0.25, -0.2) is 4.79 Å². The van der Waals surface area contributed by atoms with Crippen LogP contribution in [0.2, 0.25) is 0 Å². The molecule has 0 aromatic carbocycles. The molecule has 1 aromatic rings. The number of hydrogen-bond donors (Lipinski definition) is 9. The molecular weight excluding hydrogens is 412 g/mol. The number of nitrogens with zero attached hydrogens (tertiary/aromatic N) is 1. The molecule has 1 saturated heterocycles. The first-order valence-electron chi connectivity index (χ1n) is 9.01. The number of aromatic amines is 1. The predicted octanol–water partition coefficient (Wildman–Crippen LogP) is -6.20. The quantitative estimate of drug-likeness (QED) is 0.175. The molecule has 1 fully saturated rings. The first kappa shape index (κ1) is 24.5. The third-order valence-corrected chi connectivity index (χ3v) is 4.74. The highest BCUT2D eigenvalue weighted by atomic mass is 16.7. The lowest BCUT2D eigenvalue weighted by atomic mass is 9.99. The van der Waals surface area contributed by atoms with Gasteiger partial charge in [0.05, 0.1) is 19.8 Å². The van der Waals surface area contributed by atoms with Gasteiger partial charge in [0.1, 0.15) is 48.8 Å². The average Bonchev–Trinajstić information content (AvgIpc) is 2.72. The molecule has 30 heavy (non-hydrogen) atoms. The summed E-state index contributed by atoms with van der Waals surface area (Å²) in [5, 5.41) is 78.6. The molecule has 0 amide bonds. The van der Waals surface area contributed by atoms with Crippen molar-refractivity contribution in [1.29, 1.82) is 0 Å². The Bertz CT molecular complexity index is 782. The van der Waals surface area contributed by atoms with Crippen LogP contribution in [0.3, 0.4) is 0 Å². The van der Waals surface area contributed by atoms with Crippen molar-refractivity contribution >= 4 is 0 Å². The zero-order valence-electron chi connectivity index (χ0n) is 15.6. The van der Waals surface area contributed by atoms with E-state index < -0.39 is 86.1 Å². The lowest BCUT2D eigenvalue weighted by Crippen LogP contribution is -2.61. The van der Waals surface area contributed by atoms with Crippen molar-refractivity contribution in [2.75, 3.05) is 13.2 Å². The molecule has 1 aliphatic rings. The topological polar surface area (TPSA) is 235 Å². The zero-order chi connectivity index (χ0) is 22.6. The van der Waals surface area contributed by atoms with E-state index >= 15 is 0 Å². The number of H-pyrrole nitrogens is 1. The molecule has 0 bridgehead atoms. The Kier molecular flexibility index (Phi) is 8.62. The van der Waals surface area contributed by atoms with E-state index in [0.29, 0.717) is 0 Å². The fraction of sp³-hybridized carbons (Fsp3) is 0.750. The van der Waals surface area contributed by atoms with Crippen molar-refractivity contribution in [3.8, 4) is 0 Å². The van der Waals surface area contributed by atoms with Crippen molar-refractivity contribution in [2.24, 2.45) is 0 Å². The second kappa shape index (κ2) is 10.5. The van der Waals surface area contributed by atoms with Crippen LogP contribution in [0.1, 0.15) is 0 Å². The first-order valence-corrected chi connectivity index (χ1v) is 9.01. The van der Waals surface area contributed by atoms with E-state index in [2.05, 4.69) is 0 Å². The van der Waals surface area contributed by atoms with Crippen LogP contribution in [0.4, 0.5) is 0 Å². The Labute approximate surface area is 168 Å². The molecular formula is C16H26N2O12. The van der Waals surface area contributed by atoms with Crippen LogP contribution in [0.15, 0.2) is 21.9 Å². The van der Waals surface area contributed by atoms with Gasteiger partial charge in [-0.1, -0.05) is 0 Å². The minimum Gasteiger partial charge on any atom is -0.394 e. The van der Waals surface area contributed by atoms with Crippen LogP contribution >= 0.6 is 0 Å². The highest BCUT2D eigenvalue weighted by molar-refractivity contribution is 4.91. The van der Waals surface area contributed by atoms with Crippen molar-refractivity contribution in [1.82, 2.24) is 9.55 Å². The summed E-state index contributed by atoms with van der Waals surface area (Å²) in [4.78, 5) is 24.7. The molecule has 0 spiro atoms. The van der Waals surface area contributed by atoms with Crippen LogP contribution in [0.5, 0.6) is 0 Å². The molecule has 0 unspecified atom stereocenters. The largest absolute Gasteiger partial charge is 0.394 e. The number of nitrogens with one attached hydrogen (secondary N) is 1. The summed E-state index contributed by atoms with van der Waals surface area (Å²) in [7, 11) is 0. The Balaban J connectivity index is 2.05. The van der Waals surface area contributed by atoms with Gasteiger partial charge in [0, 0.05) is 12.3 Å². The van der Waals surface area contributed by atoms with E-state index in [4.69, 9.17) is 14.6 Å². The lowest BCUT2D eigenvalue weighted by molar-refractivity contribution is -0.322. The van der Waals surface area contributed by atoms with Crippen LogP contribution in [-0.4, -0.2) is 119 Å². The number of aliphatic hydroxyl groups is 8. The van der Waals surface area contributed by atoms with E-state index in [9.17, 15) is 45.3 Å². The molecule has 2 heterocycles. The molecule has 0 aliphatic carbocycles. The number of rotatable bonds is 9. The van der Waals surface area contributed by atoms with Crippen LogP contribution in [0.25, 0.3) is 0 Å². The fourth-order valence-electron chi connectivity index (χ4n) is 2.93. The molecule has 0 radical (unpaired) electrons. The molecule has 9 atom stereocenters. The standard InChI is InChI=1S/C16H26N2O12/c19-4-7(29-15-14(27)13(26)12(25)8(5-20)30-15)11(24)10(23)6(21)3-18-2-1-9(22)17-16(18)28/h1-2,6-8,10-15,19-21,23-27H,3-5H2,(H,17,22,28)/t6-,7+,8-,10-,11-,12+,13+,14-,15+/m1/s1. The van der Waals surface area contributed by atoms with Gasteiger partial charge in [-0.3, -0.25) is 14.3 Å². The molecule has 172 valence electrons. The maximum atomic E-state index is 11.7. The highest BCUT2D eigenvalue weighted by Gasteiger charge is 2.46. The van der Waals surface area contributed by atoms with E-state index in [1.54, 1.807) is 0 Å². The Morgan fingerprint density at radius 3 is 2.30 bits per heavy atom. The number of aromatic nitrogens is 2. The smallest absolute Gasteiger partial charge is 0.328 e. The SMILES string of the molecule is O=c1ccn(C[C@@H](O)[C@@H](O)[C@H](O)[C@H](CO)O[C@H]2O[C@H](CO)[C@H](O)[C@H](O)[C@H]2O)c(=O)[nH]1. The summed E-state index contributed by atoms with van der Waals surface area (Å²) in [5.41, 5.74) is -1.53. The zero-order valence-corrected chi connectivity index (χ0v) is 15.6. The minimum absolute atomic E-state index is 0.522. The summed E-state index contributed by atoms with van der Waals surface area (Å²) in [6.45, 7) is -2.17. The maximum Gasteiger partial charge on any atom is 0.328 e. The Morgan fingerprint density at radius 2 is 1.73 bits per heavy atom. The summed E-state index contributed by atoms with van der Waals surface area (Å²) >= 11 is 0. The van der Waals surface area contributed by atoms with Crippen molar-refractivity contribution in [3.05, 3.63) is 33.1 Å². The van der Waals surface area contributed by atoms with Gasteiger partial charge in [0.25, 0.3) is 5.56 Å². The average molecular weight is 438 g/mol. The molecule has 1 aromatic heterocycles. The van der Waals surface area contributed by atoms with Gasteiger partial charge in [-0.2, -0.15) is 0 Å². The molecule has 0 saturated carbocycles. The Hall–Kier alpha value is -1.72. The fourth-order valence-corrected chi connectivity index (χ4v) is 2.93. The van der Waals surface area contributed by atoms with E-state index in [0.717, 1.165) is 16.8 Å². The Morgan fingerprint density at radius 1 is 1.07 bits per heavy atom. The summed E-state index contributed by atoms with van der Waals surface area (Å²) in [6.07, 6.45) is -14.4. The summed E-state index contributed by atoms with van der Waals surface area (Å²) < 4.78 is 11.2. The summed E-state index contributed by atoms with van der Waals surface area (Å²) in [5.74, 6) is 0. The minimum atomic E-state index is -1.95. The summed E-state index contributed by atoms with van der Waals surface area (Å²) in [6, 6.07) is 1.01. The second-order valence-corrected chi connectivity index (χ2v) is 6.87. The van der Waals surface area contributed by atoms with Gasteiger partial charge in [0.15, 0.2) is 6.29 Å². The van der Waals surface area contributed by atoms with Crippen LogP contribution < -0.4 is 11.2 Å². The number of ether oxygens (including phenoxy) is 2. The normalized spacial score (nSPS) is 31.1. The van der Waals surface area contributed by atoms with Gasteiger partial charge in [-0.15, -0.1) is 0 Å². The molecule has 9 N–H and O–H groups in total. The van der Waals surface area contributed by atoms with E-state index in [-0.39, 0.29) is 0 Å². The molecule has 14 heteroatoms. The number of aliphatic hydroxyl groups excluding tert-OH is 8.